The first-order valence-electron chi connectivity index (χ1n) is 7.06. The molecule has 0 bridgehead atoms. The van der Waals surface area contributed by atoms with Crippen LogP contribution in [0.5, 0.6) is 5.88 Å². The Bertz CT molecular complexity index is 721. The van der Waals surface area contributed by atoms with Crippen molar-refractivity contribution in [2.75, 3.05) is 13.2 Å². The molecule has 0 fully saturated rings. The number of carbonyl (C=O) groups excluding carboxylic acids is 2. The summed E-state index contributed by atoms with van der Waals surface area (Å²) in [6, 6.07) is 4.93. The molecular weight excluding hydrogens is 364 g/mol. The van der Waals surface area contributed by atoms with Crippen LogP contribution in [0.25, 0.3) is 10.9 Å². The number of nitrogens with one attached hydrogen (secondary N) is 2. The summed E-state index contributed by atoms with van der Waals surface area (Å²) in [6.45, 7) is 4.10. The van der Waals surface area contributed by atoms with E-state index < -0.39 is 11.9 Å². The molecule has 0 saturated carbocycles. The van der Waals surface area contributed by atoms with Crippen molar-refractivity contribution in [3.05, 3.63) is 29.0 Å². The van der Waals surface area contributed by atoms with E-state index in [1.807, 2.05) is 26.0 Å². The van der Waals surface area contributed by atoms with E-state index in [2.05, 4.69) is 36.5 Å². The van der Waals surface area contributed by atoms with Gasteiger partial charge in [0.25, 0.3) is 5.91 Å². The minimum Gasteiger partial charge on any atom is -0.467 e. The van der Waals surface area contributed by atoms with Crippen LogP contribution < -0.4 is 15.4 Å². The number of aromatic nitrogens is 2. The Morgan fingerprint density at radius 2 is 2.09 bits per heavy atom. The fourth-order valence-corrected chi connectivity index (χ4v) is 2.12. The number of carbonyl (C=O) groups is 2. The van der Waals surface area contributed by atoms with Crippen molar-refractivity contribution in [1.82, 2.24) is 20.6 Å². The van der Waals surface area contributed by atoms with E-state index in [1.54, 1.807) is 6.07 Å². The normalized spacial score (nSPS) is 10.6. The fourth-order valence-electron chi connectivity index (χ4n) is 1.76. The van der Waals surface area contributed by atoms with Crippen LogP contribution >= 0.6 is 15.9 Å². The highest BCUT2D eigenvalue weighted by atomic mass is 79.9. The fraction of sp³-hybridized carbons (Fsp3) is 0.333. The average molecular weight is 381 g/mol. The highest BCUT2D eigenvalue weighted by molar-refractivity contribution is 9.10. The SMILES string of the molecule is CC(C)CNC(=O)NC(=O)COc1ncnc2ccc(Br)cc12. The number of fused-ring (bicyclic) bond motifs is 1. The van der Waals surface area contributed by atoms with Gasteiger partial charge < -0.3 is 10.1 Å². The van der Waals surface area contributed by atoms with Gasteiger partial charge in [-0.05, 0) is 24.1 Å². The molecule has 3 amide bonds. The first-order chi connectivity index (χ1) is 11.0. The molecule has 0 atom stereocenters. The van der Waals surface area contributed by atoms with Gasteiger partial charge in [-0.1, -0.05) is 29.8 Å². The van der Waals surface area contributed by atoms with Crippen molar-refractivity contribution in [2.24, 2.45) is 5.92 Å². The van der Waals surface area contributed by atoms with Crippen LogP contribution in [-0.2, 0) is 4.79 Å². The third-order valence-corrected chi connectivity index (χ3v) is 3.32. The number of hydrogen-bond donors (Lipinski definition) is 2. The highest BCUT2D eigenvalue weighted by Gasteiger charge is 2.11. The molecule has 0 aliphatic carbocycles. The van der Waals surface area contributed by atoms with Crippen molar-refractivity contribution >= 4 is 38.8 Å². The summed E-state index contributed by atoms with van der Waals surface area (Å²) in [4.78, 5) is 31.4. The maximum Gasteiger partial charge on any atom is 0.321 e. The Kier molecular flexibility index (Phi) is 5.86. The first-order valence-corrected chi connectivity index (χ1v) is 7.85. The molecule has 0 aliphatic rings. The minimum atomic E-state index is -0.548. The van der Waals surface area contributed by atoms with Gasteiger partial charge in [-0.25, -0.2) is 14.8 Å². The zero-order valence-corrected chi connectivity index (χ0v) is 14.4. The van der Waals surface area contributed by atoms with Gasteiger partial charge in [-0.15, -0.1) is 0 Å². The van der Waals surface area contributed by atoms with E-state index in [0.717, 1.165) is 4.47 Å². The van der Waals surface area contributed by atoms with E-state index in [9.17, 15) is 9.59 Å². The van der Waals surface area contributed by atoms with Crippen LogP contribution in [0.2, 0.25) is 0 Å². The number of rotatable bonds is 5. The summed E-state index contributed by atoms with van der Waals surface area (Å²) in [6.07, 6.45) is 1.36. The lowest BCUT2D eigenvalue weighted by Crippen LogP contribution is -2.42. The maximum atomic E-state index is 11.7. The summed E-state index contributed by atoms with van der Waals surface area (Å²) in [5.41, 5.74) is 0.702. The predicted octanol–water partition coefficient (Wildman–Crippen LogP) is 2.25. The molecule has 1 heterocycles. The third kappa shape index (κ3) is 5.17. The molecule has 23 heavy (non-hydrogen) atoms. The highest BCUT2D eigenvalue weighted by Crippen LogP contribution is 2.24. The summed E-state index contributed by atoms with van der Waals surface area (Å²) in [7, 11) is 0. The van der Waals surface area contributed by atoms with Gasteiger partial charge in [0.05, 0.1) is 10.9 Å². The number of halogens is 1. The number of benzene rings is 1. The van der Waals surface area contributed by atoms with Crippen LogP contribution in [-0.4, -0.2) is 35.1 Å². The van der Waals surface area contributed by atoms with Crippen molar-refractivity contribution in [1.29, 1.82) is 0 Å². The number of ether oxygens (including phenoxy) is 1. The van der Waals surface area contributed by atoms with Gasteiger partial charge in [0.15, 0.2) is 6.61 Å². The standard InChI is InChI=1S/C15H17BrN4O3/c1-9(2)6-17-15(22)20-13(21)7-23-14-11-5-10(16)3-4-12(11)18-8-19-14/h3-5,8-9H,6-7H2,1-2H3,(H2,17,20,21,22). The lowest BCUT2D eigenvalue weighted by Gasteiger charge is -2.10. The molecule has 0 unspecified atom stereocenters. The number of hydrogen-bond acceptors (Lipinski definition) is 5. The zero-order valence-electron chi connectivity index (χ0n) is 12.8. The van der Waals surface area contributed by atoms with Crippen molar-refractivity contribution < 1.29 is 14.3 Å². The van der Waals surface area contributed by atoms with Crippen molar-refractivity contribution in [3.63, 3.8) is 0 Å². The summed E-state index contributed by atoms with van der Waals surface area (Å²) in [5.74, 6) is 0.0417. The second kappa shape index (κ2) is 7.87. The van der Waals surface area contributed by atoms with Gasteiger partial charge in [-0.3, -0.25) is 10.1 Å². The number of imide groups is 1. The predicted molar refractivity (Wildman–Crippen MR) is 89.1 cm³/mol. The monoisotopic (exact) mass is 380 g/mol. The molecule has 0 spiro atoms. The molecule has 2 rings (SSSR count). The van der Waals surface area contributed by atoms with Crippen molar-refractivity contribution in [2.45, 2.75) is 13.8 Å². The number of amides is 3. The third-order valence-electron chi connectivity index (χ3n) is 2.82. The Hall–Kier alpha value is -2.22. The smallest absolute Gasteiger partial charge is 0.321 e. The molecule has 1 aromatic heterocycles. The van der Waals surface area contributed by atoms with Crippen LogP contribution in [0.1, 0.15) is 13.8 Å². The second-order valence-electron chi connectivity index (χ2n) is 5.28. The van der Waals surface area contributed by atoms with E-state index in [-0.39, 0.29) is 12.5 Å². The molecule has 2 aromatic rings. The molecule has 1 aromatic carbocycles. The Labute approximate surface area is 142 Å². The van der Waals surface area contributed by atoms with Gasteiger partial charge in [0, 0.05) is 11.0 Å². The lowest BCUT2D eigenvalue weighted by atomic mass is 10.2. The quantitative estimate of drug-likeness (QED) is 0.829. The molecule has 8 heteroatoms. The van der Waals surface area contributed by atoms with Crippen LogP contribution in [0.3, 0.4) is 0 Å². The van der Waals surface area contributed by atoms with E-state index in [0.29, 0.717) is 23.4 Å². The Morgan fingerprint density at radius 1 is 1.30 bits per heavy atom. The van der Waals surface area contributed by atoms with Crippen LogP contribution in [0, 0.1) is 5.92 Å². The zero-order chi connectivity index (χ0) is 16.8. The Balaban J connectivity index is 1.94. The topological polar surface area (TPSA) is 93.2 Å². The molecule has 0 radical (unpaired) electrons. The lowest BCUT2D eigenvalue weighted by molar-refractivity contribution is -0.122. The van der Waals surface area contributed by atoms with E-state index in [4.69, 9.17) is 4.74 Å². The Morgan fingerprint density at radius 3 is 2.83 bits per heavy atom. The van der Waals surface area contributed by atoms with Crippen molar-refractivity contribution in [3.8, 4) is 5.88 Å². The van der Waals surface area contributed by atoms with Gasteiger partial charge in [0.1, 0.15) is 6.33 Å². The summed E-state index contributed by atoms with van der Waals surface area (Å²) >= 11 is 3.36. The van der Waals surface area contributed by atoms with E-state index in [1.165, 1.54) is 6.33 Å². The van der Waals surface area contributed by atoms with Gasteiger partial charge in [0.2, 0.25) is 5.88 Å². The van der Waals surface area contributed by atoms with Gasteiger partial charge >= 0.3 is 6.03 Å². The molecule has 7 nitrogen and oxygen atoms in total. The largest absolute Gasteiger partial charge is 0.467 e. The average Bonchev–Trinajstić information content (AvgIpc) is 2.51. The van der Waals surface area contributed by atoms with Crippen LogP contribution in [0.4, 0.5) is 4.79 Å². The summed E-state index contributed by atoms with van der Waals surface area (Å²) < 4.78 is 6.25. The first kappa shape index (κ1) is 17.1. The maximum absolute atomic E-state index is 11.7. The molecule has 2 N–H and O–H groups in total. The van der Waals surface area contributed by atoms with Crippen LogP contribution in [0.15, 0.2) is 29.0 Å². The number of nitrogens with zero attached hydrogens (tertiary/aromatic N) is 2. The van der Waals surface area contributed by atoms with E-state index >= 15 is 0 Å². The molecular formula is C15H17BrN4O3. The molecule has 122 valence electrons. The second-order valence-corrected chi connectivity index (χ2v) is 6.20. The number of urea groups is 1. The minimum absolute atomic E-state index is 0.286. The van der Waals surface area contributed by atoms with Gasteiger partial charge in [-0.2, -0.15) is 0 Å². The summed E-state index contributed by atoms with van der Waals surface area (Å²) in [5, 5.41) is 5.47. The molecule has 0 aliphatic heterocycles. The molecule has 0 saturated heterocycles.